The molecule has 19 nitrogen and oxygen atoms in total. The Balaban J connectivity index is 2.65. The lowest BCUT2D eigenvalue weighted by Crippen LogP contribution is -2.65. The first-order valence-corrected chi connectivity index (χ1v) is 30.9. The van der Waals surface area contributed by atoms with E-state index in [1.807, 2.05) is 0 Å². The van der Waals surface area contributed by atoms with Crippen LogP contribution in [0.15, 0.2) is 0 Å². The number of aliphatic hydroxyl groups excluding tert-OH is 3. The summed E-state index contributed by atoms with van der Waals surface area (Å²) in [5, 5.41) is 31.9. The second kappa shape index (κ2) is 39.6. The molecule has 0 bridgehead atoms. The van der Waals surface area contributed by atoms with Crippen LogP contribution in [0.2, 0.25) is 0 Å². The summed E-state index contributed by atoms with van der Waals surface area (Å²) in [4.78, 5) is 73.4. The molecule has 1 fully saturated rings. The first-order chi connectivity index (χ1) is 32.8. The highest BCUT2D eigenvalue weighted by atomic mass is 31.2. The molecule has 0 saturated heterocycles. The van der Waals surface area contributed by atoms with Gasteiger partial charge in [0.05, 0.1) is 6.61 Å². The molecule has 0 aromatic heterocycles. The molecule has 0 amide bonds. The van der Waals surface area contributed by atoms with Crippen LogP contribution in [0, 0.1) is 0 Å². The molecule has 0 radical (unpaired) electrons. The van der Waals surface area contributed by atoms with Gasteiger partial charge in [-0.1, -0.05) is 206 Å². The fourth-order valence-corrected chi connectivity index (χ4v) is 10.6. The van der Waals surface area contributed by atoms with Crippen LogP contribution in [0.5, 0.6) is 0 Å². The zero-order valence-corrected chi connectivity index (χ0v) is 44.6. The number of aliphatic hydroxyl groups is 3. The smallest absolute Gasteiger partial charge is 0.462 e. The Hall–Kier alpha value is -0.850. The van der Waals surface area contributed by atoms with E-state index in [4.69, 9.17) is 18.5 Å². The molecule has 410 valence electrons. The fourth-order valence-electron chi connectivity index (χ4n) is 8.47. The van der Waals surface area contributed by atoms with Crippen LogP contribution in [0.1, 0.15) is 232 Å². The molecule has 0 aromatic carbocycles. The van der Waals surface area contributed by atoms with Crippen molar-refractivity contribution < 1.29 is 90.6 Å². The molecule has 1 aliphatic rings. The van der Waals surface area contributed by atoms with Crippen molar-refractivity contribution in [2.45, 2.75) is 275 Å². The van der Waals surface area contributed by atoms with Crippen molar-refractivity contribution in [1.29, 1.82) is 0 Å². The number of ether oxygens (including phenoxy) is 2. The number of carbonyl (C=O) groups excluding carboxylic acids is 2. The third-order valence-electron chi connectivity index (χ3n) is 12.4. The Bertz CT molecular complexity index is 1450. The lowest BCUT2D eigenvalue weighted by molar-refractivity contribution is -0.213. The predicted octanol–water partition coefficient (Wildman–Crippen LogP) is 10.3. The van der Waals surface area contributed by atoms with Gasteiger partial charge in [-0.2, -0.15) is 0 Å². The maximum atomic E-state index is 13.1. The minimum atomic E-state index is -5.60. The van der Waals surface area contributed by atoms with Crippen molar-refractivity contribution in [3.63, 3.8) is 0 Å². The summed E-state index contributed by atoms with van der Waals surface area (Å²) in [5.74, 6) is -1.28. The quantitative estimate of drug-likeness (QED) is 0.0160. The summed E-state index contributed by atoms with van der Waals surface area (Å²) in [7, 11) is -16.6. The monoisotopic (exact) mass is 1050 g/mol. The van der Waals surface area contributed by atoms with E-state index in [-0.39, 0.29) is 12.8 Å². The summed E-state index contributed by atoms with van der Waals surface area (Å²) >= 11 is 0. The lowest BCUT2D eigenvalue weighted by Gasteiger charge is -2.44. The molecule has 0 aliphatic heterocycles. The molecule has 0 spiro atoms. The third kappa shape index (κ3) is 35.9. The van der Waals surface area contributed by atoms with Crippen molar-refractivity contribution in [3.8, 4) is 0 Å². The van der Waals surface area contributed by atoms with Gasteiger partial charge in [0.25, 0.3) is 0 Å². The van der Waals surface area contributed by atoms with Crippen molar-refractivity contribution in [2.24, 2.45) is 0 Å². The van der Waals surface area contributed by atoms with E-state index in [9.17, 15) is 63.1 Å². The van der Waals surface area contributed by atoms with Gasteiger partial charge in [-0.05, 0) is 12.8 Å². The van der Waals surface area contributed by atoms with E-state index >= 15 is 0 Å². The van der Waals surface area contributed by atoms with Gasteiger partial charge in [-0.25, -0.2) is 13.7 Å². The SMILES string of the molecule is CCCCCCCCCCCCCCCCCCCC(=O)OC[C@H](COP(=O)(O)O[C@H]1[C@H](O)[C@@H](O)[C@H](OP(=O)(O)O)[C@@H](OP(=O)(O)O)[C@H]1O)OC(=O)CCCCCCCCCCCCCCCCC. The molecule has 1 saturated carbocycles. The number of unbranched alkanes of at least 4 members (excludes halogenated alkanes) is 30. The number of hydrogen-bond acceptors (Lipinski definition) is 14. The highest BCUT2D eigenvalue weighted by Gasteiger charge is 2.56. The highest BCUT2D eigenvalue weighted by Crippen LogP contribution is 2.51. The molecule has 1 rings (SSSR count). The number of carbonyl (C=O) groups is 2. The van der Waals surface area contributed by atoms with Gasteiger partial charge in [-0.15, -0.1) is 0 Å². The van der Waals surface area contributed by atoms with E-state index in [0.29, 0.717) is 12.8 Å². The molecule has 0 aromatic rings. The number of phosphoric acid groups is 3. The molecule has 1 unspecified atom stereocenters. The average molecular weight is 1060 g/mol. The van der Waals surface area contributed by atoms with Gasteiger partial charge in [0.15, 0.2) is 6.10 Å². The Kier molecular flexibility index (Phi) is 38.0. The summed E-state index contributed by atoms with van der Waals surface area (Å²) in [6.07, 6.45) is 21.0. The van der Waals surface area contributed by atoms with E-state index < -0.39 is 91.3 Å². The van der Waals surface area contributed by atoms with E-state index in [1.54, 1.807) is 0 Å². The maximum absolute atomic E-state index is 13.1. The van der Waals surface area contributed by atoms with Gasteiger partial charge >= 0.3 is 35.4 Å². The van der Waals surface area contributed by atoms with Crippen molar-refractivity contribution >= 4 is 35.4 Å². The molecule has 1 aliphatic carbocycles. The fraction of sp³-hybridized carbons (Fsp3) is 0.957. The van der Waals surface area contributed by atoms with Crippen LogP contribution in [0.3, 0.4) is 0 Å². The first kappa shape index (κ1) is 66.2. The highest BCUT2D eigenvalue weighted by molar-refractivity contribution is 7.47. The zero-order valence-electron chi connectivity index (χ0n) is 41.9. The van der Waals surface area contributed by atoms with Gasteiger partial charge in [0.2, 0.25) is 0 Å². The maximum Gasteiger partial charge on any atom is 0.472 e. The Morgan fingerprint density at radius 2 is 0.710 bits per heavy atom. The Morgan fingerprint density at radius 1 is 0.406 bits per heavy atom. The molecule has 69 heavy (non-hydrogen) atoms. The van der Waals surface area contributed by atoms with E-state index in [1.165, 1.54) is 141 Å². The summed E-state index contributed by atoms with van der Waals surface area (Å²) in [5.41, 5.74) is 0. The second-order valence-corrected chi connectivity index (χ2v) is 22.6. The lowest BCUT2D eigenvalue weighted by atomic mass is 9.85. The predicted molar refractivity (Wildman–Crippen MR) is 262 cm³/mol. The average Bonchev–Trinajstić information content (AvgIpc) is 3.28. The Labute approximate surface area is 413 Å². The number of hydrogen-bond donors (Lipinski definition) is 8. The van der Waals surface area contributed by atoms with Crippen molar-refractivity contribution in [2.75, 3.05) is 13.2 Å². The van der Waals surface area contributed by atoms with Crippen LogP contribution in [0.25, 0.3) is 0 Å². The van der Waals surface area contributed by atoms with Crippen LogP contribution in [-0.2, 0) is 50.9 Å². The van der Waals surface area contributed by atoms with Crippen LogP contribution in [0.4, 0.5) is 0 Å². The van der Waals surface area contributed by atoms with Gasteiger partial charge in [0.1, 0.15) is 43.2 Å². The van der Waals surface area contributed by atoms with Gasteiger partial charge < -0.3 is 49.3 Å². The molecular weight excluding hydrogens is 961 g/mol. The summed E-state index contributed by atoms with van der Waals surface area (Å²) in [6.45, 7) is 2.99. The third-order valence-corrected chi connectivity index (χ3v) is 14.4. The molecule has 8 atom stereocenters. The minimum Gasteiger partial charge on any atom is -0.462 e. The molecule has 22 heteroatoms. The normalized spacial score (nSPS) is 21.2. The summed E-state index contributed by atoms with van der Waals surface area (Å²) < 4.78 is 65.6. The molecule has 8 N–H and O–H groups in total. The standard InChI is InChI=1S/C47H93O19P3/c1-3-5-7-9-11-13-15-17-19-20-22-23-25-27-29-31-33-35-40(48)61-37-39(63-41(49)36-34-32-30-28-26-24-21-18-16-14-12-10-8-6-4-2)38-62-69(59,60)66-45-42(50)43(51)46(64-67(53,54)55)47(44(45)52)65-68(56,57)58/h39,42-47,50-52H,3-38H2,1-2H3,(H,59,60)(H2,53,54,55)(H2,56,57,58)/t39-,42-,43-,44+,45+,46+,47+/m1/s1. The minimum absolute atomic E-state index is 0.00635. The Morgan fingerprint density at radius 3 is 1.06 bits per heavy atom. The first-order valence-electron chi connectivity index (χ1n) is 26.3. The number of phosphoric ester groups is 3. The van der Waals surface area contributed by atoms with Crippen LogP contribution < -0.4 is 0 Å². The number of esters is 2. The van der Waals surface area contributed by atoms with Crippen molar-refractivity contribution in [3.05, 3.63) is 0 Å². The molecule has 0 heterocycles. The van der Waals surface area contributed by atoms with Crippen molar-refractivity contribution in [1.82, 2.24) is 0 Å². The van der Waals surface area contributed by atoms with E-state index in [0.717, 1.165) is 51.4 Å². The van der Waals surface area contributed by atoms with Gasteiger partial charge in [0, 0.05) is 12.8 Å². The van der Waals surface area contributed by atoms with E-state index in [2.05, 4.69) is 22.9 Å². The number of rotatable bonds is 46. The largest absolute Gasteiger partial charge is 0.472 e. The topological polar surface area (TPSA) is 303 Å². The van der Waals surface area contributed by atoms with Gasteiger partial charge in [-0.3, -0.25) is 27.7 Å². The second-order valence-electron chi connectivity index (χ2n) is 18.8. The zero-order chi connectivity index (χ0) is 51.4. The molecular formula is C47H93O19P3. The van der Waals surface area contributed by atoms with Crippen LogP contribution >= 0.6 is 23.5 Å². The van der Waals surface area contributed by atoms with Crippen LogP contribution in [-0.4, -0.2) is 108 Å². The summed E-state index contributed by atoms with van der Waals surface area (Å²) in [6, 6.07) is 0.